The first-order chi connectivity index (χ1) is 15.2. The van der Waals surface area contributed by atoms with E-state index in [4.69, 9.17) is 4.74 Å². The summed E-state index contributed by atoms with van der Waals surface area (Å²) in [4.78, 5) is 41.0. The average Bonchev–Trinajstić information content (AvgIpc) is 2.65. The van der Waals surface area contributed by atoms with Gasteiger partial charge in [-0.2, -0.15) is 0 Å². The van der Waals surface area contributed by atoms with E-state index >= 15 is 0 Å². The first-order valence-corrected chi connectivity index (χ1v) is 11.5. The van der Waals surface area contributed by atoms with Crippen LogP contribution in [-0.2, 0) is 14.3 Å². The number of rotatable bonds is 9. The third kappa shape index (κ3) is 8.56. The van der Waals surface area contributed by atoms with Crippen molar-refractivity contribution in [3.8, 4) is 0 Å². The molecule has 2 atom stereocenters. The zero-order valence-electron chi connectivity index (χ0n) is 21.6. The quantitative estimate of drug-likeness (QED) is 0.535. The number of hydrogen-bond acceptors (Lipinski definition) is 4. The van der Waals surface area contributed by atoms with Gasteiger partial charge in [0.15, 0.2) is 0 Å². The molecule has 0 aliphatic carbocycles. The second kappa shape index (κ2) is 11.9. The van der Waals surface area contributed by atoms with Crippen LogP contribution < -0.4 is 10.6 Å². The molecule has 0 aliphatic heterocycles. The molecule has 2 N–H and O–H groups in total. The fourth-order valence-corrected chi connectivity index (χ4v) is 3.36. The van der Waals surface area contributed by atoms with Crippen LogP contribution in [0.3, 0.4) is 0 Å². The van der Waals surface area contributed by atoms with Crippen LogP contribution in [0.5, 0.6) is 0 Å². The van der Waals surface area contributed by atoms with E-state index in [2.05, 4.69) is 17.2 Å². The topological polar surface area (TPSA) is 87.7 Å². The average molecular weight is 460 g/mol. The molecule has 1 aromatic rings. The van der Waals surface area contributed by atoms with E-state index in [-0.39, 0.29) is 30.3 Å². The highest BCUT2D eigenvalue weighted by Crippen LogP contribution is 2.26. The fourth-order valence-electron chi connectivity index (χ4n) is 3.36. The Balaban J connectivity index is 3.45. The van der Waals surface area contributed by atoms with E-state index < -0.39 is 23.8 Å². The van der Waals surface area contributed by atoms with Gasteiger partial charge in [0.25, 0.3) is 0 Å². The summed E-state index contributed by atoms with van der Waals surface area (Å²) in [5.74, 6) is -0.896. The van der Waals surface area contributed by atoms with Gasteiger partial charge in [0.2, 0.25) is 11.8 Å². The molecule has 0 fully saturated rings. The predicted octanol–water partition coefficient (Wildman–Crippen LogP) is 4.43. The van der Waals surface area contributed by atoms with Crippen LogP contribution >= 0.6 is 0 Å². The molecule has 0 aromatic heterocycles. The molecule has 2 unspecified atom stereocenters. The zero-order valence-corrected chi connectivity index (χ0v) is 21.6. The lowest BCUT2D eigenvalue weighted by atomic mass is 9.96. The summed E-state index contributed by atoms with van der Waals surface area (Å²) in [5, 5.41) is 5.63. The highest BCUT2D eigenvalue weighted by Gasteiger charge is 2.37. The number of ether oxygens (including phenoxy) is 1. The lowest BCUT2D eigenvalue weighted by molar-refractivity contribution is -0.142. The third-order valence-corrected chi connectivity index (χ3v) is 5.05. The van der Waals surface area contributed by atoms with Crippen molar-refractivity contribution in [1.82, 2.24) is 15.5 Å². The molecule has 0 aliphatic rings. The van der Waals surface area contributed by atoms with E-state index in [0.29, 0.717) is 5.56 Å². The van der Waals surface area contributed by atoms with E-state index in [0.717, 1.165) is 11.1 Å². The SMILES string of the molecule is C=CCN(C(=O)C(NC(=O)OC(C)(C)C)C(C)C)C(C(=O)NC(C)C)c1ccc(C)c(C)c1. The van der Waals surface area contributed by atoms with Gasteiger partial charge in [0.05, 0.1) is 0 Å². The second-order valence-corrected chi connectivity index (χ2v) is 10.1. The monoisotopic (exact) mass is 459 g/mol. The second-order valence-electron chi connectivity index (χ2n) is 10.1. The first-order valence-electron chi connectivity index (χ1n) is 11.5. The van der Waals surface area contributed by atoms with E-state index in [9.17, 15) is 14.4 Å². The number of carbonyl (C=O) groups is 3. The fraction of sp³-hybridized carbons (Fsp3) is 0.577. The number of nitrogens with one attached hydrogen (secondary N) is 2. The van der Waals surface area contributed by atoms with Crippen LogP contribution in [0.15, 0.2) is 30.9 Å². The maximum Gasteiger partial charge on any atom is 0.408 e. The molecule has 0 spiro atoms. The highest BCUT2D eigenvalue weighted by molar-refractivity contribution is 5.92. The van der Waals surface area contributed by atoms with Gasteiger partial charge >= 0.3 is 6.09 Å². The summed E-state index contributed by atoms with van der Waals surface area (Å²) in [5.41, 5.74) is 2.11. The summed E-state index contributed by atoms with van der Waals surface area (Å²) < 4.78 is 5.36. The van der Waals surface area contributed by atoms with E-state index in [1.54, 1.807) is 26.8 Å². The molecule has 0 radical (unpaired) electrons. The van der Waals surface area contributed by atoms with Crippen LogP contribution in [0.25, 0.3) is 0 Å². The van der Waals surface area contributed by atoms with Crippen molar-refractivity contribution in [2.24, 2.45) is 5.92 Å². The molecule has 0 bridgehead atoms. The van der Waals surface area contributed by atoms with Gasteiger partial charge in [-0.05, 0) is 71.1 Å². The third-order valence-electron chi connectivity index (χ3n) is 5.05. The smallest absolute Gasteiger partial charge is 0.408 e. The lowest BCUT2D eigenvalue weighted by Gasteiger charge is -2.35. The summed E-state index contributed by atoms with van der Waals surface area (Å²) >= 11 is 0. The summed E-state index contributed by atoms with van der Waals surface area (Å²) in [6.45, 7) is 20.6. The molecule has 1 rings (SSSR count). The highest BCUT2D eigenvalue weighted by atomic mass is 16.6. The van der Waals surface area contributed by atoms with Crippen LogP contribution in [0.2, 0.25) is 0 Å². The molecule has 7 nitrogen and oxygen atoms in total. The zero-order chi connectivity index (χ0) is 25.5. The Morgan fingerprint density at radius 3 is 2.12 bits per heavy atom. The van der Waals surface area contributed by atoms with Gasteiger partial charge in [-0.1, -0.05) is 38.1 Å². The molecule has 0 saturated heterocycles. The molecule has 33 heavy (non-hydrogen) atoms. The van der Waals surface area contributed by atoms with Crippen molar-refractivity contribution in [2.75, 3.05) is 6.54 Å². The first kappa shape index (κ1) is 28.2. The number of amides is 3. The van der Waals surface area contributed by atoms with Crippen molar-refractivity contribution in [3.63, 3.8) is 0 Å². The molecular weight excluding hydrogens is 418 g/mol. The number of aryl methyl sites for hydroxylation is 2. The summed E-state index contributed by atoms with van der Waals surface area (Å²) in [7, 11) is 0. The van der Waals surface area contributed by atoms with Crippen molar-refractivity contribution in [1.29, 1.82) is 0 Å². The normalized spacial score (nSPS) is 13.3. The van der Waals surface area contributed by atoms with Gasteiger partial charge in [0.1, 0.15) is 17.7 Å². The van der Waals surface area contributed by atoms with Crippen molar-refractivity contribution < 1.29 is 19.1 Å². The number of carbonyl (C=O) groups excluding carboxylic acids is 3. The Morgan fingerprint density at radius 1 is 1.06 bits per heavy atom. The largest absolute Gasteiger partial charge is 0.444 e. The van der Waals surface area contributed by atoms with Crippen molar-refractivity contribution in [2.45, 2.75) is 86.0 Å². The van der Waals surface area contributed by atoms with Crippen molar-refractivity contribution in [3.05, 3.63) is 47.5 Å². The van der Waals surface area contributed by atoms with Crippen LogP contribution in [-0.4, -0.2) is 47.0 Å². The number of alkyl carbamates (subject to hydrolysis) is 1. The Bertz CT molecular complexity index is 856. The number of benzene rings is 1. The molecule has 3 amide bonds. The van der Waals surface area contributed by atoms with Crippen LogP contribution in [0.1, 0.15) is 71.2 Å². The Labute approximate surface area is 198 Å². The number of nitrogens with zero attached hydrogens (tertiary/aromatic N) is 1. The standard InChI is InChI=1S/C26H41N3O4/c1-11-14-29(24(31)21(16(2)3)28-25(32)33-26(8,9)10)22(23(30)27-17(4)5)20-13-12-18(6)19(7)15-20/h11-13,15-17,21-22H,1,14H2,2-10H3,(H,27,30)(H,28,32). The molecule has 184 valence electrons. The maximum absolute atomic E-state index is 13.8. The molecule has 1 aromatic carbocycles. The van der Waals surface area contributed by atoms with Gasteiger partial charge in [-0.3, -0.25) is 9.59 Å². The Hall–Kier alpha value is -2.83. The van der Waals surface area contributed by atoms with Gasteiger partial charge in [-0.25, -0.2) is 4.79 Å². The van der Waals surface area contributed by atoms with E-state index in [1.807, 2.05) is 59.7 Å². The van der Waals surface area contributed by atoms with Gasteiger partial charge in [0, 0.05) is 12.6 Å². The predicted molar refractivity (Wildman–Crippen MR) is 132 cm³/mol. The Morgan fingerprint density at radius 2 is 1.67 bits per heavy atom. The summed E-state index contributed by atoms with van der Waals surface area (Å²) in [6, 6.07) is 3.87. The minimum Gasteiger partial charge on any atom is -0.444 e. The van der Waals surface area contributed by atoms with Crippen LogP contribution in [0.4, 0.5) is 4.79 Å². The molecule has 7 heteroatoms. The molecule has 0 heterocycles. The van der Waals surface area contributed by atoms with Crippen molar-refractivity contribution >= 4 is 17.9 Å². The Kier molecular flexibility index (Phi) is 10.1. The van der Waals surface area contributed by atoms with E-state index in [1.165, 1.54) is 4.90 Å². The van der Waals surface area contributed by atoms with Gasteiger partial charge < -0.3 is 20.3 Å². The summed E-state index contributed by atoms with van der Waals surface area (Å²) in [6.07, 6.45) is 0.905. The van der Waals surface area contributed by atoms with Crippen LogP contribution in [0, 0.1) is 19.8 Å². The maximum atomic E-state index is 13.8. The lowest BCUT2D eigenvalue weighted by Crippen LogP contribution is -2.55. The minimum absolute atomic E-state index is 0.104. The molecule has 0 saturated carbocycles. The number of hydrogen-bond donors (Lipinski definition) is 2. The van der Waals surface area contributed by atoms with Gasteiger partial charge in [-0.15, -0.1) is 6.58 Å². The minimum atomic E-state index is -0.876. The molecular formula is C26H41N3O4.